The Hall–Kier alpha value is -3.51. The molecule has 1 heterocycles. The summed E-state index contributed by atoms with van der Waals surface area (Å²) in [7, 11) is 0. The Morgan fingerprint density at radius 2 is 1.70 bits per heavy atom. The monoisotopic (exact) mass is 404 g/mol. The first-order chi connectivity index (χ1) is 14.5. The Bertz CT molecular complexity index is 1260. The Morgan fingerprint density at radius 3 is 2.37 bits per heavy atom. The quantitative estimate of drug-likeness (QED) is 0.542. The number of aromatic nitrogens is 2. The van der Waals surface area contributed by atoms with E-state index in [1.54, 1.807) is 30.3 Å². The molecule has 4 rings (SSSR count). The van der Waals surface area contributed by atoms with Crippen molar-refractivity contribution in [3.05, 3.63) is 88.0 Å². The highest BCUT2D eigenvalue weighted by Crippen LogP contribution is 2.30. The van der Waals surface area contributed by atoms with E-state index in [0.717, 1.165) is 16.7 Å². The second-order valence-corrected chi connectivity index (χ2v) is 7.08. The van der Waals surface area contributed by atoms with E-state index in [1.807, 2.05) is 32.0 Å². The van der Waals surface area contributed by atoms with Gasteiger partial charge in [0.15, 0.2) is 0 Å². The van der Waals surface area contributed by atoms with Gasteiger partial charge in [-0.25, -0.2) is 9.37 Å². The van der Waals surface area contributed by atoms with Crippen molar-refractivity contribution in [2.75, 3.05) is 13.2 Å². The fourth-order valence-corrected chi connectivity index (χ4v) is 3.61. The van der Waals surface area contributed by atoms with Crippen LogP contribution in [0.4, 0.5) is 4.39 Å². The second-order valence-electron chi connectivity index (χ2n) is 7.08. The van der Waals surface area contributed by atoms with Crippen LogP contribution in [0, 0.1) is 19.7 Å². The average molecular weight is 404 g/mol. The molecule has 0 radical (unpaired) electrons. The molecule has 0 aliphatic carbocycles. The number of ether oxygens (including phenoxy) is 1. The first-order valence-electron chi connectivity index (χ1n) is 9.62. The van der Waals surface area contributed by atoms with E-state index in [0.29, 0.717) is 28.2 Å². The lowest BCUT2D eigenvalue weighted by molar-refractivity contribution is 0.200. The maximum atomic E-state index is 13.5. The number of halogens is 1. The number of fused-ring (bicyclic) bond motifs is 1. The topological polar surface area (TPSA) is 64.4 Å². The second kappa shape index (κ2) is 8.08. The number of aliphatic hydroxyl groups excluding tert-OH is 1. The maximum Gasteiger partial charge on any atom is 0.266 e. The van der Waals surface area contributed by atoms with Gasteiger partial charge in [0.2, 0.25) is 0 Å². The van der Waals surface area contributed by atoms with E-state index in [9.17, 15) is 9.18 Å². The molecule has 0 saturated carbocycles. The third kappa shape index (κ3) is 3.57. The van der Waals surface area contributed by atoms with Crippen LogP contribution in [0.3, 0.4) is 0 Å². The molecular weight excluding hydrogens is 383 g/mol. The summed E-state index contributed by atoms with van der Waals surface area (Å²) in [4.78, 5) is 18.1. The molecule has 0 atom stereocenters. The Morgan fingerprint density at radius 1 is 1.03 bits per heavy atom. The van der Waals surface area contributed by atoms with E-state index in [4.69, 9.17) is 14.8 Å². The molecule has 0 saturated heterocycles. The van der Waals surface area contributed by atoms with Crippen LogP contribution in [0.1, 0.15) is 11.1 Å². The summed E-state index contributed by atoms with van der Waals surface area (Å²) in [6, 6.07) is 16.7. The van der Waals surface area contributed by atoms with Gasteiger partial charge in [-0.3, -0.25) is 9.36 Å². The van der Waals surface area contributed by atoms with E-state index < -0.39 is 0 Å². The smallest absolute Gasteiger partial charge is 0.266 e. The lowest BCUT2D eigenvalue weighted by Gasteiger charge is -2.17. The molecule has 3 aromatic carbocycles. The fraction of sp³-hybridized carbons (Fsp3) is 0.167. The normalized spacial score (nSPS) is 11.1. The highest BCUT2D eigenvalue weighted by Gasteiger charge is 2.17. The minimum absolute atomic E-state index is 0.0725. The van der Waals surface area contributed by atoms with Gasteiger partial charge in [-0.1, -0.05) is 12.1 Å². The molecular formula is C24H21FN2O3. The van der Waals surface area contributed by atoms with Crippen LogP contribution in [-0.2, 0) is 0 Å². The minimum atomic E-state index is -0.376. The third-order valence-corrected chi connectivity index (χ3v) is 4.92. The average Bonchev–Trinajstić information content (AvgIpc) is 2.74. The van der Waals surface area contributed by atoms with Crippen LogP contribution in [0.2, 0.25) is 0 Å². The van der Waals surface area contributed by atoms with Gasteiger partial charge in [0.05, 0.1) is 23.2 Å². The molecule has 1 N–H and O–H groups in total. The molecule has 0 spiro atoms. The van der Waals surface area contributed by atoms with Gasteiger partial charge >= 0.3 is 0 Å². The predicted octanol–water partition coefficient (Wildman–Crippen LogP) is 4.18. The molecule has 0 unspecified atom stereocenters. The lowest BCUT2D eigenvalue weighted by Crippen LogP contribution is -2.22. The Balaban J connectivity index is 1.99. The minimum Gasteiger partial charge on any atom is -0.491 e. The Kier molecular flexibility index (Phi) is 5.33. The highest BCUT2D eigenvalue weighted by molar-refractivity contribution is 5.80. The molecule has 1 aromatic heterocycles. The number of nitrogens with zero attached hydrogens (tertiary/aromatic N) is 2. The van der Waals surface area contributed by atoms with Crippen molar-refractivity contribution in [2.24, 2.45) is 0 Å². The van der Waals surface area contributed by atoms with E-state index in [2.05, 4.69) is 0 Å². The highest BCUT2D eigenvalue weighted by atomic mass is 19.1. The van der Waals surface area contributed by atoms with Crippen LogP contribution >= 0.6 is 0 Å². The summed E-state index contributed by atoms with van der Waals surface area (Å²) in [5, 5.41) is 9.54. The molecule has 6 heteroatoms. The van der Waals surface area contributed by atoms with Gasteiger partial charge in [0.25, 0.3) is 5.56 Å². The number of benzene rings is 3. The summed E-state index contributed by atoms with van der Waals surface area (Å²) in [6.07, 6.45) is 0. The van der Waals surface area contributed by atoms with Gasteiger partial charge < -0.3 is 9.84 Å². The largest absolute Gasteiger partial charge is 0.491 e. The van der Waals surface area contributed by atoms with Crippen LogP contribution < -0.4 is 10.3 Å². The van der Waals surface area contributed by atoms with E-state index >= 15 is 0 Å². The Labute approximate surface area is 173 Å². The van der Waals surface area contributed by atoms with Crippen molar-refractivity contribution >= 4 is 10.9 Å². The zero-order valence-electron chi connectivity index (χ0n) is 16.7. The van der Waals surface area contributed by atoms with Crippen molar-refractivity contribution in [1.29, 1.82) is 0 Å². The molecule has 0 amide bonds. The zero-order chi connectivity index (χ0) is 21.3. The zero-order valence-corrected chi connectivity index (χ0v) is 16.7. The fourth-order valence-electron chi connectivity index (χ4n) is 3.61. The molecule has 0 aliphatic rings. The number of aryl methyl sites for hydroxylation is 2. The summed E-state index contributed by atoms with van der Waals surface area (Å²) in [5.74, 6) is 0.786. The molecule has 152 valence electrons. The molecule has 0 bridgehead atoms. The SMILES string of the molecule is Cc1cc(-c2nc3ccccc3c(=O)n2-c2ccc(F)cc2)cc(C)c1OCCO. The van der Waals surface area contributed by atoms with E-state index in [-0.39, 0.29) is 24.6 Å². The van der Waals surface area contributed by atoms with Gasteiger partial charge in [-0.2, -0.15) is 0 Å². The number of rotatable bonds is 5. The predicted molar refractivity (Wildman–Crippen MR) is 115 cm³/mol. The summed E-state index contributed by atoms with van der Waals surface area (Å²) in [6.45, 7) is 3.95. The number of hydrogen-bond donors (Lipinski definition) is 1. The first kappa shape index (κ1) is 19.8. The van der Waals surface area contributed by atoms with Crippen LogP contribution in [0.25, 0.3) is 28.0 Å². The summed E-state index contributed by atoms with van der Waals surface area (Å²) in [5.41, 5.74) is 3.38. The van der Waals surface area contributed by atoms with Crippen molar-refractivity contribution in [2.45, 2.75) is 13.8 Å². The molecule has 5 nitrogen and oxygen atoms in total. The summed E-state index contributed by atoms with van der Waals surface area (Å²) < 4.78 is 20.6. The van der Waals surface area contributed by atoms with Gasteiger partial charge in [-0.05, 0) is 73.5 Å². The molecule has 4 aromatic rings. The van der Waals surface area contributed by atoms with Crippen LogP contribution in [0.15, 0.2) is 65.5 Å². The first-order valence-corrected chi connectivity index (χ1v) is 9.62. The van der Waals surface area contributed by atoms with Crippen LogP contribution in [0.5, 0.6) is 5.75 Å². The lowest BCUT2D eigenvalue weighted by atomic mass is 10.0. The van der Waals surface area contributed by atoms with Crippen molar-refractivity contribution in [1.82, 2.24) is 9.55 Å². The van der Waals surface area contributed by atoms with Crippen LogP contribution in [-0.4, -0.2) is 27.9 Å². The third-order valence-electron chi connectivity index (χ3n) is 4.92. The maximum absolute atomic E-state index is 13.5. The van der Waals surface area contributed by atoms with Crippen molar-refractivity contribution in [3.63, 3.8) is 0 Å². The number of aliphatic hydroxyl groups is 1. The van der Waals surface area contributed by atoms with Crippen molar-refractivity contribution in [3.8, 4) is 22.8 Å². The van der Waals surface area contributed by atoms with Crippen molar-refractivity contribution < 1.29 is 14.2 Å². The molecule has 0 aliphatic heterocycles. The summed E-state index contributed by atoms with van der Waals surface area (Å²) >= 11 is 0. The standard InChI is InChI=1S/C24H21FN2O3/c1-15-13-17(14-16(2)22(15)30-12-11-28)23-26-21-6-4-3-5-20(21)24(29)27(23)19-9-7-18(25)8-10-19/h3-10,13-14,28H,11-12H2,1-2H3. The number of hydrogen-bond acceptors (Lipinski definition) is 4. The van der Waals surface area contributed by atoms with Gasteiger partial charge in [0, 0.05) is 5.56 Å². The molecule has 0 fully saturated rings. The van der Waals surface area contributed by atoms with Gasteiger partial charge in [0.1, 0.15) is 24.0 Å². The van der Waals surface area contributed by atoms with E-state index in [1.165, 1.54) is 16.7 Å². The molecule has 30 heavy (non-hydrogen) atoms. The number of para-hydroxylation sites is 1. The van der Waals surface area contributed by atoms with Gasteiger partial charge in [-0.15, -0.1) is 0 Å².